The van der Waals surface area contributed by atoms with Gasteiger partial charge in [0.1, 0.15) is 11.5 Å². The van der Waals surface area contributed by atoms with Crippen molar-refractivity contribution in [2.45, 2.75) is 25.7 Å². The smallest absolute Gasteiger partial charge is 0.190 e. The molecule has 0 spiro atoms. The number of nitrogens with zero attached hydrogens (tertiary/aromatic N) is 1. The molecule has 0 saturated heterocycles. The van der Waals surface area contributed by atoms with E-state index in [0.29, 0.717) is 18.7 Å². The van der Waals surface area contributed by atoms with Gasteiger partial charge in [0.15, 0.2) is 5.96 Å². The van der Waals surface area contributed by atoms with Crippen LogP contribution in [-0.2, 0) is 11.2 Å². The summed E-state index contributed by atoms with van der Waals surface area (Å²) in [6.45, 7) is 3.23. The fourth-order valence-corrected chi connectivity index (χ4v) is 2.33. The Hall–Kier alpha value is -1.22. The molecule has 1 fully saturated rings. The van der Waals surface area contributed by atoms with Crippen LogP contribution in [0.25, 0.3) is 0 Å². The number of ether oxygens (including phenoxy) is 2. The Bertz CT molecular complexity index is 536. The number of phenolic OH excluding ortho intramolecular Hbond substituents is 1. The second kappa shape index (κ2) is 12.2. The molecule has 7 heteroatoms. The normalized spacial score (nSPS) is 13.9. The molecule has 3 N–H and O–H groups in total. The molecule has 1 saturated carbocycles. The quantitative estimate of drug-likeness (QED) is 0.215. The number of guanidine groups is 1. The minimum Gasteiger partial charge on any atom is -0.508 e. The van der Waals surface area contributed by atoms with E-state index in [1.54, 1.807) is 20.2 Å². The van der Waals surface area contributed by atoms with Gasteiger partial charge in [0.25, 0.3) is 0 Å². The largest absolute Gasteiger partial charge is 0.508 e. The number of hydrogen-bond acceptors (Lipinski definition) is 4. The van der Waals surface area contributed by atoms with Crippen LogP contribution in [0.15, 0.2) is 23.2 Å². The number of hydrogen-bond donors (Lipinski definition) is 3. The number of benzene rings is 1. The summed E-state index contributed by atoms with van der Waals surface area (Å²) in [5.41, 5.74) is 0.882. The highest BCUT2D eigenvalue weighted by Gasteiger charge is 2.20. The summed E-state index contributed by atoms with van der Waals surface area (Å²) in [5, 5.41) is 16.5. The number of halogens is 1. The summed E-state index contributed by atoms with van der Waals surface area (Å²) < 4.78 is 10.7. The fourth-order valence-electron chi connectivity index (χ4n) is 2.33. The first kappa shape index (κ1) is 21.8. The number of nitrogens with one attached hydrogen (secondary N) is 2. The van der Waals surface area contributed by atoms with Crippen molar-refractivity contribution < 1.29 is 14.6 Å². The molecule has 1 aromatic carbocycles. The number of aromatic hydroxyl groups is 1. The molecule has 0 amide bonds. The van der Waals surface area contributed by atoms with Crippen molar-refractivity contribution in [2.24, 2.45) is 10.9 Å². The topological polar surface area (TPSA) is 75.1 Å². The monoisotopic (exact) mass is 463 g/mol. The molecule has 0 aromatic heterocycles. The highest BCUT2D eigenvalue weighted by atomic mass is 127. The molecule has 6 nitrogen and oxygen atoms in total. The van der Waals surface area contributed by atoms with Crippen LogP contribution >= 0.6 is 24.0 Å². The van der Waals surface area contributed by atoms with E-state index in [0.717, 1.165) is 43.6 Å². The van der Waals surface area contributed by atoms with Gasteiger partial charge < -0.3 is 25.2 Å². The Balaban J connectivity index is 0.00000312. The summed E-state index contributed by atoms with van der Waals surface area (Å²) in [6.07, 6.45) is 4.34. The molecule has 0 unspecified atom stereocenters. The molecule has 0 bridgehead atoms. The summed E-state index contributed by atoms with van der Waals surface area (Å²) in [6, 6.07) is 5.36. The van der Waals surface area contributed by atoms with Crippen LogP contribution in [0.1, 0.15) is 24.8 Å². The second-order valence-electron chi connectivity index (χ2n) is 6.04. The van der Waals surface area contributed by atoms with Gasteiger partial charge in [-0.3, -0.25) is 4.99 Å². The zero-order valence-electron chi connectivity index (χ0n) is 15.1. The predicted molar refractivity (Wildman–Crippen MR) is 111 cm³/mol. The van der Waals surface area contributed by atoms with E-state index in [9.17, 15) is 5.11 Å². The van der Waals surface area contributed by atoms with Gasteiger partial charge in [0.05, 0.1) is 7.11 Å². The van der Waals surface area contributed by atoms with Gasteiger partial charge in [-0.15, -0.1) is 24.0 Å². The Morgan fingerprint density at radius 1 is 1.28 bits per heavy atom. The van der Waals surface area contributed by atoms with E-state index in [1.165, 1.54) is 12.8 Å². The average Bonchev–Trinajstić information content (AvgIpc) is 3.41. The highest BCUT2D eigenvalue weighted by Crippen LogP contribution is 2.28. The number of aliphatic imine (C=N–C) groups is 1. The molecule has 0 aliphatic heterocycles. The lowest BCUT2D eigenvalue weighted by atomic mass is 10.1. The van der Waals surface area contributed by atoms with Gasteiger partial charge >= 0.3 is 0 Å². The van der Waals surface area contributed by atoms with Crippen LogP contribution in [0.4, 0.5) is 0 Å². The Morgan fingerprint density at radius 2 is 2.04 bits per heavy atom. The lowest BCUT2D eigenvalue weighted by Gasteiger charge is -2.12. The maximum atomic E-state index is 9.94. The lowest BCUT2D eigenvalue weighted by Crippen LogP contribution is -2.39. The SMILES string of the molecule is CN=C(NCCCOCC1CC1)NCCc1ccc(OC)cc1O.I. The zero-order chi connectivity index (χ0) is 17.2. The molecule has 0 atom stereocenters. The van der Waals surface area contributed by atoms with Gasteiger partial charge in [0, 0.05) is 39.4 Å². The first-order valence-electron chi connectivity index (χ1n) is 8.61. The van der Waals surface area contributed by atoms with Crippen LogP contribution in [0.5, 0.6) is 11.5 Å². The molecule has 2 rings (SSSR count). The molecule has 1 aliphatic carbocycles. The Labute approximate surface area is 167 Å². The van der Waals surface area contributed by atoms with E-state index < -0.39 is 0 Å². The van der Waals surface area contributed by atoms with Crippen LogP contribution in [0, 0.1) is 5.92 Å². The van der Waals surface area contributed by atoms with Crippen LogP contribution < -0.4 is 15.4 Å². The predicted octanol–water partition coefficient (Wildman–Crippen LogP) is 2.54. The fraction of sp³-hybridized carbons (Fsp3) is 0.611. The molecule has 1 aliphatic rings. The molecular weight excluding hydrogens is 433 g/mol. The Kier molecular flexibility index (Phi) is 10.6. The van der Waals surface area contributed by atoms with Gasteiger partial charge in [-0.05, 0) is 43.2 Å². The Morgan fingerprint density at radius 3 is 2.68 bits per heavy atom. The maximum absolute atomic E-state index is 9.94. The van der Waals surface area contributed by atoms with Crippen LogP contribution in [0.2, 0.25) is 0 Å². The third-order valence-corrected chi connectivity index (χ3v) is 4.01. The number of phenols is 1. The third-order valence-electron chi connectivity index (χ3n) is 4.01. The maximum Gasteiger partial charge on any atom is 0.190 e. The van der Waals surface area contributed by atoms with Crippen molar-refractivity contribution >= 4 is 29.9 Å². The van der Waals surface area contributed by atoms with Gasteiger partial charge in [-0.1, -0.05) is 6.07 Å². The van der Waals surface area contributed by atoms with E-state index in [2.05, 4.69) is 15.6 Å². The van der Waals surface area contributed by atoms with Crippen molar-refractivity contribution in [2.75, 3.05) is 40.5 Å². The van der Waals surface area contributed by atoms with Crippen molar-refractivity contribution in [1.82, 2.24) is 10.6 Å². The van der Waals surface area contributed by atoms with Crippen LogP contribution in [0.3, 0.4) is 0 Å². The average molecular weight is 463 g/mol. The van der Waals surface area contributed by atoms with Gasteiger partial charge in [-0.25, -0.2) is 0 Å². The van der Waals surface area contributed by atoms with Gasteiger partial charge in [-0.2, -0.15) is 0 Å². The molecule has 0 heterocycles. The van der Waals surface area contributed by atoms with E-state index in [1.807, 2.05) is 12.1 Å². The lowest BCUT2D eigenvalue weighted by molar-refractivity contribution is 0.123. The first-order valence-corrected chi connectivity index (χ1v) is 8.61. The number of methoxy groups -OCH3 is 1. The van der Waals surface area contributed by atoms with Crippen molar-refractivity contribution in [3.8, 4) is 11.5 Å². The van der Waals surface area contributed by atoms with E-state index in [-0.39, 0.29) is 29.7 Å². The second-order valence-corrected chi connectivity index (χ2v) is 6.04. The molecule has 142 valence electrons. The van der Waals surface area contributed by atoms with Crippen molar-refractivity contribution in [3.05, 3.63) is 23.8 Å². The standard InChI is InChI=1S/C18H29N3O3.HI/c1-19-18(20-9-3-11-24-13-14-4-5-14)21-10-8-15-6-7-16(23-2)12-17(15)22;/h6-7,12,14,22H,3-5,8-11,13H2,1-2H3,(H2,19,20,21);1H. The summed E-state index contributed by atoms with van der Waals surface area (Å²) in [7, 11) is 3.34. The summed E-state index contributed by atoms with van der Waals surface area (Å²) in [4.78, 5) is 4.20. The number of rotatable bonds is 10. The molecular formula is C18H30IN3O3. The minimum absolute atomic E-state index is 0. The van der Waals surface area contributed by atoms with E-state index >= 15 is 0 Å². The minimum atomic E-state index is 0. The highest BCUT2D eigenvalue weighted by molar-refractivity contribution is 14.0. The summed E-state index contributed by atoms with van der Waals surface area (Å²) >= 11 is 0. The third kappa shape index (κ3) is 8.62. The summed E-state index contributed by atoms with van der Waals surface area (Å²) in [5.74, 6) is 2.50. The van der Waals surface area contributed by atoms with Crippen molar-refractivity contribution in [1.29, 1.82) is 0 Å². The van der Waals surface area contributed by atoms with Crippen LogP contribution in [-0.4, -0.2) is 51.5 Å². The first-order chi connectivity index (χ1) is 11.7. The molecule has 25 heavy (non-hydrogen) atoms. The molecule has 1 aromatic rings. The van der Waals surface area contributed by atoms with Crippen molar-refractivity contribution in [3.63, 3.8) is 0 Å². The van der Waals surface area contributed by atoms with Gasteiger partial charge in [0.2, 0.25) is 0 Å². The van der Waals surface area contributed by atoms with E-state index in [4.69, 9.17) is 9.47 Å². The molecule has 0 radical (unpaired) electrons. The zero-order valence-corrected chi connectivity index (χ0v) is 17.4.